The van der Waals surface area contributed by atoms with E-state index in [9.17, 15) is 27.9 Å². The second-order valence-electron chi connectivity index (χ2n) is 9.70. The number of nitrogens with zero attached hydrogens (tertiary/aromatic N) is 3. The summed E-state index contributed by atoms with van der Waals surface area (Å²) >= 11 is 0. The van der Waals surface area contributed by atoms with E-state index in [2.05, 4.69) is 9.64 Å². The van der Waals surface area contributed by atoms with Crippen molar-refractivity contribution in [3.63, 3.8) is 0 Å². The highest BCUT2D eigenvalue weighted by atomic mass is 19.4. The second-order valence-corrected chi connectivity index (χ2v) is 9.70. The molecular weight excluding hydrogens is 467 g/mol. The van der Waals surface area contributed by atoms with Crippen molar-refractivity contribution in [2.75, 3.05) is 44.7 Å². The lowest BCUT2D eigenvalue weighted by molar-refractivity contribution is -0.274. The molecule has 194 valence electrons. The van der Waals surface area contributed by atoms with Crippen molar-refractivity contribution in [3.05, 3.63) is 24.3 Å². The number of anilines is 1. The van der Waals surface area contributed by atoms with Gasteiger partial charge < -0.3 is 29.3 Å². The Hall–Kier alpha value is -2.53. The fourth-order valence-corrected chi connectivity index (χ4v) is 5.28. The van der Waals surface area contributed by atoms with Crippen LogP contribution in [0.3, 0.4) is 0 Å². The Morgan fingerprint density at radius 3 is 2.60 bits per heavy atom. The summed E-state index contributed by atoms with van der Waals surface area (Å²) < 4.78 is 46.8. The number of carbonyl (C=O) groups excluding carboxylic acids is 2. The molecule has 1 aromatic rings. The number of amides is 1. The molecule has 3 unspecified atom stereocenters. The monoisotopic (exact) mass is 499 g/mol. The number of hydrogen-bond donors (Lipinski definition) is 1. The maximum Gasteiger partial charge on any atom is 0.573 e. The largest absolute Gasteiger partial charge is 0.573 e. The first kappa shape index (κ1) is 25.6. The van der Waals surface area contributed by atoms with Gasteiger partial charge in [0.15, 0.2) is 0 Å². The molecule has 2 saturated heterocycles. The number of ether oxygens (including phenoxy) is 2. The number of aliphatic hydroxyl groups is 1. The molecule has 3 aliphatic rings. The Labute approximate surface area is 202 Å². The summed E-state index contributed by atoms with van der Waals surface area (Å²) in [5.41, 5.74) is 0.515. The molecule has 1 aliphatic carbocycles. The number of benzene rings is 1. The van der Waals surface area contributed by atoms with Crippen LogP contribution >= 0.6 is 0 Å². The fraction of sp³-hybridized carbons (Fsp3) is 0.667. The molecule has 1 N–H and O–H groups in total. The number of methoxy groups -OCH3 is 1. The van der Waals surface area contributed by atoms with Gasteiger partial charge in [0.2, 0.25) is 5.91 Å². The minimum absolute atomic E-state index is 0.0857. The molecule has 1 aromatic carbocycles. The Morgan fingerprint density at radius 1 is 1.23 bits per heavy atom. The highest BCUT2D eigenvalue weighted by Crippen LogP contribution is 2.53. The Kier molecular flexibility index (Phi) is 7.19. The molecule has 0 radical (unpaired) electrons. The van der Waals surface area contributed by atoms with Crippen molar-refractivity contribution in [1.29, 1.82) is 0 Å². The number of likely N-dealkylation sites (tertiary alicyclic amines) is 1. The van der Waals surface area contributed by atoms with Crippen molar-refractivity contribution >= 4 is 17.6 Å². The molecule has 1 spiro atoms. The number of β-amino-alcohol motifs (C(OH)–C–C–N with tert-alkyl or cyclic N) is 1. The smallest absolute Gasteiger partial charge is 0.467 e. The molecule has 1 saturated carbocycles. The topological polar surface area (TPSA) is 82.6 Å². The van der Waals surface area contributed by atoms with E-state index in [1.165, 1.54) is 30.2 Å². The number of rotatable bonds is 7. The van der Waals surface area contributed by atoms with E-state index >= 15 is 0 Å². The molecule has 11 heteroatoms. The van der Waals surface area contributed by atoms with Gasteiger partial charge in [0.25, 0.3) is 0 Å². The number of carbonyl (C=O) groups is 2. The molecule has 1 amide bonds. The maximum atomic E-state index is 13.3. The Morgan fingerprint density at radius 2 is 1.97 bits per heavy atom. The average Bonchev–Trinajstić information content (AvgIpc) is 3.58. The molecule has 2 heterocycles. The van der Waals surface area contributed by atoms with Gasteiger partial charge in [0.05, 0.1) is 13.2 Å². The van der Waals surface area contributed by atoms with Crippen LogP contribution < -0.4 is 9.64 Å². The summed E-state index contributed by atoms with van der Waals surface area (Å²) in [6.07, 6.45) is -1.74. The molecule has 4 rings (SSSR count). The lowest BCUT2D eigenvalue weighted by Gasteiger charge is -2.43. The maximum absolute atomic E-state index is 13.3. The summed E-state index contributed by atoms with van der Waals surface area (Å²) in [4.78, 5) is 31.2. The van der Waals surface area contributed by atoms with Crippen molar-refractivity contribution in [1.82, 2.24) is 9.80 Å². The van der Waals surface area contributed by atoms with E-state index in [1.807, 2.05) is 0 Å². The first-order chi connectivity index (χ1) is 16.5. The lowest BCUT2D eigenvalue weighted by Crippen LogP contribution is -2.61. The number of aliphatic hydroxyl groups excluding tert-OH is 1. The van der Waals surface area contributed by atoms with Crippen LogP contribution in [0.25, 0.3) is 0 Å². The quantitative estimate of drug-likeness (QED) is 0.577. The summed E-state index contributed by atoms with van der Waals surface area (Å²) in [6, 6.07) is 4.05. The number of alkyl halides is 3. The van der Waals surface area contributed by atoms with Crippen molar-refractivity contribution in [2.24, 2.45) is 5.41 Å². The zero-order valence-corrected chi connectivity index (χ0v) is 20.0. The molecule has 3 atom stereocenters. The molecule has 2 aliphatic heterocycles. The van der Waals surface area contributed by atoms with Crippen LogP contribution in [0.1, 0.15) is 32.6 Å². The van der Waals surface area contributed by atoms with E-state index in [-0.39, 0.29) is 29.7 Å². The van der Waals surface area contributed by atoms with Crippen LogP contribution in [0, 0.1) is 5.41 Å². The van der Waals surface area contributed by atoms with Crippen LogP contribution in [0.4, 0.5) is 18.9 Å². The van der Waals surface area contributed by atoms with Crippen molar-refractivity contribution < 1.29 is 37.3 Å². The first-order valence-corrected chi connectivity index (χ1v) is 11.9. The van der Waals surface area contributed by atoms with E-state index in [0.29, 0.717) is 31.7 Å². The number of halogens is 3. The van der Waals surface area contributed by atoms with E-state index in [0.717, 1.165) is 25.8 Å². The molecule has 35 heavy (non-hydrogen) atoms. The predicted molar refractivity (Wildman–Crippen MR) is 121 cm³/mol. The minimum atomic E-state index is -4.81. The van der Waals surface area contributed by atoms with Crippen molar-refractivity contribution in [3.8, 4) is 5.75 Å². The van der Waals surface area contributed by atoms with Gasteiger partial charge in [-0.15, -0.1) is 13.2 Å². The van der Waals surface area contributed by atoms with Gasteiger partial charge in [-0.05, 0) is 56.7 Å². The van der Waals surface area contributed by atoms with E-state index < -0.39 is 24.4 Å². The average molecular weight is 500 g/mol. The molecule has 3 fully saturated rings. The van der Waals surface area contributed by atoms with E-state index in [1.54, 1.807) is 17.9 Å². The molecule has 0 aromatic heterocycles. The van der Waals surface area contributed by atoms with Crippen LogP contribution in [0.5, 0.6) is 5.75 Å². The van der Waals surface area contributed by atoms with Gasteiger partial charge in [0.1, 0.15) is 17.8 Å². The third kappa shape index (κ3) is 5.66. The standard InChI is InChI=1S/C24H32F3N3O5/c1-16-21(32)30(13-12-29(16)17-4-3-5-18(14-17)35-24(25,26)27)19(22(33)34-2)6-10-28-11-9-23(7-8-23)20(31)15-28/h3-5,14,16,19-20,31H,6-13,15H2,1-2H3. The second kappa shape index (κ2) is 9.85. The highest BCUT2D eigenvalue weighted by molar-refractivity contribution is 5.90. The van der Waals surface area contributed by atoms with Gasteiger partial charge in [-0.1, -0.05) is 6.07 Å². The fourth-order valence-electron chi connectivity index (χ4n) is 5.28. The van der Waals surface area contributed by atoms with E-state index in [4.69, 9.17) is 4.74 Å². The molecule has 8 nitrogen and oxygen atoms in total. The predicted octanol–water partition coefficient (Wildman–Crippen LogP) is 2.40. The molecular formula is C24H32F3N3O5. The highest BCUT2D eigenvalue weighted by Gasteiger charge is 2.51. The van der Waals surface area contributed by atoms with Crippen LogP contribution in [-0.4, -0.2) is 91.2 Å². The number of piperidine rings is 1. The minimum Gasteiger partial charge on any atom is -0.467 e. The number of piperazine rings is 1. The van der Waals surface area contributed by atoms with Gasteiger partial charge in [-0.25, -0.2) is 4.79 Å². The zero-order chi connectivity index (χ0) is 25.4. The van der Waals surface area contributed by atoms with Crippen molar-refractivity contribution in [2.45, 2.75) is 57.2 Å². The SMILES string of the molecule is COC(=O)C(CCN1CCC2(CC2)C(O)C1)N1CCN(c2cccc(OC(F)(F)F)c2)C(C)C1=O. The lowest BCUT2D eigenvalue weighted by atomic mass is 9.90. The van der Waals surface area contributed by atoms with Crippen LogP contribution in [-0.2, 0) is 14.3 Å². The van der Waals surface area contributed by atoms with Gasteiger partial charge in [0, 0.05) is 37.9 Å². The summed E-state index contributed by atoms with van der Waals surface area (Å²) in [5.74, 6) is -1.17. The third-order valence-electron chi connectivity index (χ3n) is 7.60. The van der Waals surface area contributed by atoms with Gasteiger partial charge >= 0.3 is 12.3 Å². The zero-order valence-electron chi connectivity index (χ0n) is 20.0. The van der Waals surface area contributed by atoms with Crippen LogP contribution in [0.2, 0.25) is 0 Å². The summed E-state index contributed by atoms with van der Waals surface area (Å²) in [5, 5.41) is 10.5. The van der Waals surface area contributed by atoms with Gasteiger partial charge in [-0.2, -0.15) is 0 Å². The van der Waals surface area contributed by atoms with Crippen LogP contribution in [0.15, 0.2) is 24.3 Å². The van der Waals surface area contributed by atoms with Gasteiger partial charge in [-0.3, -0.25) is 4.79 Å². The first-order valence-electron chi connectivity index (χ1n) is 11.9. The Balaban J connectivity index is 1.41. The summed E-state index contributed by atoms with van der Waals surface area (Å²) in [6.45, 7) is 4.17. The Bertz CT molecular complexity index is 939. The third-order valence-corrected chi connectivity index (χ3v) is 7.60. The molecule has 0 bridgehead atoms. The number of esters is 1. The normalized spacial score (nSPS) is 25.5. The summed E-state index contributed by atoms with van der Waals surface area (Å²) in [7, 11) is 1.28. The number of hydrogen-bond acceptors (Lipinski definition) is 7.